The molecule has 0 saturated heterocycles. The van der Waals surface area contributed by atoms with E-state index in [1.807, 2.05) is 0 Å². The van der Waals surface area contributed by atoms with Crippen LogP contribution in [0.2, 0.25) is 0 Å². The molecular formula is C26H38N2O3. The van der Waals surface area contributed by atoms with E-state index in [-0.39, 0.29) is 23.8 Å². The van der Waals surface area contributed by atoms with Crippen LogP contribution in [0.25, 0.3) is 0 Å². The van der Waals surface area contributed by atoms with Crippen molar-refractivity contribution in [3.8, 4) is 0 Å². The first-order valence-corrected chi connectivity index (χ1v) is 12.3. The number of nitrogens with one attached hydrogen (secondary N) is 1. The van der Waals surface area contributed by atoms with E-state index in [9.17, 15) is 14.4 Å². The van der Waals surface area contributed by atoms with Crippen molar-refractivity contribution in [3.63, 3.8) is 0 Å². The van der Waals surface area contributed by atoms with Crippen LogP contribution in [-0.4, -0.2) is 35.2 Å². The molecule has 1 aromatic rings. The average Bonchev–Trinajstić information content (AvgIpc) is 3.01. The summed E-state index contributed by atoms with van der Waals surface area (Å²) in [5.41, 5.74) is 1.02. The first-order chi connectivity index (χ1) is 15.0. The summed E-state index contributed by atoms with van der Waals surface area (Å²) in [5, 5.41) is 3.22. The van der Waals surface area contributed by atoms with Gasteiger partial charge in [-0.05, 0) is 56.6 Å². The van der Waals surface area contributed by atoms with Gasteiger partial charge in [0, 0.05) is 19.0 Å². The molecule has 3 rings (SSSR count). The standard InChI is InChI=1S/C26H38N2O3/c1-3-10-20-14-16-21(17-15-20)19(2)27-24(29)13-6-4-5-9-18-28-25(30)22-11-7-8-12-23(22)26(28)31/h7-8,11-12,19-21H,3-6,9-10,13-18H2,1-2H3,(H,27,29)/t19-,20?,21?/m0/s1. The minimum absolute atomic E-state index is 0.156. The Morgan fingerprint density at radius 2 is 1.61 bits per heavy atom. The van der Waals surface area contributed by atoms with E-state index in [0.29, 0.717) is 30.0 Å². The molecule has 0 bridgehead atoms. The van der Waals surface area contributed by atoms with Gasteiger partial charge in [0.2, 0.25) is 5.91 Å². The number of hydrogen-bond acceptors (Lipinski definition) is 3. The third kappa shape index (κ3) is 6.18. The van der Waals surface area contributed by atoms with Crippen molar-refractivity contribution in [2.45, 2.75) is 90.5 Å². The second kappa shape index (κ2) is 11.4. The van der Waals surface area contributed by atoms with Gasteiger partial charge in [-0.1, -0.05) is 57.6 Å². The summed E-state index contributed by atoms with van der Waals surface area (Å²) in [6.07, 6.45) is 11.8. The summed E-state index contributed by atoms with van der Waals surface area (Å²) in [4.78, 5) is 38.4. The minimum atomic E-state index is -0.183. The minimum Gasteiger partial charge on any atom is -0.353 e. The van der Waals surface area contributed by atoms with E-state index >= 15 is 0 Å². The van der Waals surface area contributed by atoms with Crippen molar-refractivity contribution < 1.29 is 14.4 Å². The van der Waals surface area contributed by atoms with Crippen LogP contribution in [0.1, 0.15) is 105 Å². The van der Waals surface area contributed by atoms with Gasteiger partial charge in [0.05, 0.1) is 11.1 Å². The molecule has 2 aliphatic rings. The van der Waals surface area contributed by atoms with E-state index in [0.717, 1.165) is 31.6 Å². The topological polar surface area (TPSA) is 66.5 Å². The van der Waals surface area contributed by atoms with Gasteiger partial charge >= 0.3 is 0 Å². The van der Waals surface area contributed by atoms with Crippen molar-refractivity contribution in [1.29, 1.82) is 0 Å². The predicted molar refractivity (Wildman–Crippen MR) is 123 cm³/mol. The lowest BCUT2D eigenvalue weighted by Crippen LogP contribution is -2.39. The van der Waals surface area contributed by atoms with Gasteiger partial charge in [0.1, 0.15) is 0 Å². The Hall–Kier alpha value is -2.17. The Kier molecular flexibility index (Phi) is 8.68. The summed E-state index contributed by atoms with van der Waals surface area (Å²) >= 11 is 0. The zero-order valence-corrected chi connectivity index (χ0v) is 19.2. The highest BCUT2D eigenvalue weighted by Gasteiger charge is 2.34. The molecule has 5 nitrogen and oxygen atoms in total. The van der Waals surface area contributed by atoms with Crippen LogP contribution >= 0.6 is 0 Å². The summed E-state index contributed by atoms with van der Waals surface area (Å²) in [6.45, 7) is 4.88. The molecule has 0 unspecified atom stereocenters. The zero-order chi connectivity index (χ0) is 22.2. The molecule has 1 fully saturated rings. The second-order valence-corrected chi connectivity index (χ2v) is 9.40. The molecule has 1 aromatic carbocycles. The molecule has 3 amide bonds. The second-order valence-electron chi connectivity index (χ2n) is 9.40. The van der Waals surface area contributed by atoms with Gasteiger partial charge in [-0.2, -0.15) is 0 Å². The number of unbranched alkanes of at least 4 members (excludes halogenated alkanes) is 3. The molecule has 5 heteroatoms. The molecular weight excluding hydrogens is 388 g/mol. The molecule has 170 valence electrons. The lowest BCUT2D eigenvalue weighted by Gasteiger charge is -2.32. The third-order valence-corrected chi connectivity index (χ3v) is 7.10. The molecule has 1 heterocycles. The first kappa shape index (κ1) is 23.5. The molecule has 1 saturated carbocycles. The SMILES string of the molecule is CCCC1CCC([C@H](C)NC(=O)CCCCCCN2C(=O)c3ccccc3C2=O)CC1. The maximum atomic E-state index is 12.4. The number of carbonyl (C=O) groups excluding carboxylic acids is 3. The van der Waals surface area contributed by atoms with Crippen LogP contribution < -0.4 is 5.32 Å². The first-order valence-electron chi connectivity index (χ1n) is 12.3. The average molecular weight is 427 g/mol. The zero-order valence-electron chi connectivity index (χ0n) is 19.2. The van der Waals surface area contributed by atoms with Gasteiger partial charge in [-0.15, -0.1) is 0 Å². The van der Waals surface area contributed by atoms with Crippen molar-refractivity contribution in [2.24, 2.45) is 11.8 Å². The van der Waals surface area contributed by atoms with E-state index < -0.39 is 0 Å². The predicted octanol–water partition coefficient (Wildman–Crippen LogP) is 5.34. The molecule has 1 atom stereocenters. The lowest BCUT2D eigenvalue weighted by atomic mass is 9.77. The molecule has 1 aliphatic heterocycles. The maximum absolute atomic E-state index is 12.4. The number of fused-ring (bicyclic) bond motifs is 1. The van der Waals surface area contributed by atoms with Crippen molar-refractivity contribution in [2.75, 3.05) is 6.54 Å². The Morgan fingerprint density at radius 1 is 1.00 bits per heavy atom. The summed E-state index contributed by atoms with van der Waals surface area (Å²) in [6, 6.07) is 7.27. The summed E-state index contributed by atoms with van der Waals surface area (Å²) < 4.78 is 0. The highest BCUT2D eigenvalue weighted by Crippen LogP contribution is 2.33. The van der Waals surface area contributed by atoms with E-state index in [2.05, 4.69) is 19.2 Å². The lowest BCUT2D eigenvalue weighted by molar-refractivity contribution is -0.122. The maximum Gasteiger partial charge on any atom is 0.261 e. The Morgan fingerprint density at radius 3 is 2.23 bits per heavy atom. The molecule has 1 N–H and O–H groups in total. The van der Waals surface area contributed by atoms with Gasteiger partial charge < -0.3 is 5.32 Å². The van der Waals surface area contributed by atoms with Crippen molar-refractivity contribution in [1.82, 2.24) is 10.2 Å². The van der Waals surface area contributed by atoms with Crippen molar-refractivity contribution >= 4 is 17.7 Å². The van der Waals surface area contributed by atoms with Gasteiger partial charge in [0.25, 0.3) is 11.8 Å². The molecule has 1 aliphatic carbocycles. The highest BCUT2D eigenvalue weighted by atomic mass is 16.2. The monoisotopic (exact) mass is 426 g/mol. The largest absolute Gasteiger partial charge is 0.353 e. The smallest absolute Gasteiger partial charge is 0.261 e. The van der Waals surface area contributed by atoms with E-state index in [1.165, 1.54) is 43.4 Å². The fraction of sp³-hybridized carbons (Fsp3) is 0.654. The Bertz CT molecular complexity index is 733. The molecule has 31 heavy (non-hydrogen) atoms. The van der Waals surface area contributed by atoms with Gasteiger partial charge in [-0.3, -0.25) is 19.3 Å². The summed E-state index contributed by atoms with van der Waals surface area (Å²) in [7, 11) is 0. The van der Waals surface area contributed by atoms with E-state index in [4.69, 9.17) is 0 Å². The number of carbonyl (C=O) groups is 3. The van der Waals surface area contributed by atoms with Crippen LogP contribution in [0.4, 0.5) is 0 Å². The van der Waals surface area contributed by atoms with Crippen LogP contribution in [0.15, 0.2) is 24.3 Å². The van der Waals surface area contributed by atoms with Crippen LogP contribution in [0.5, 0.6) is 0 Å². The fourth-order valence-electron chi connectivity index (χ4n) is 5.18. The number of hydrogen-bond donors (Lipinski definition) is 1. The van der Waals surface area contributed by atoms with Crippen LogP contribution in [0, 0.1) is 11.8 Å². The number of rotatable bonds is 11. The Balaban J connectivity index is 1.26. The van der Waals surface area contributed by atoms with Crippen LogP contribution in [-0.2, 0) is 4.79 Å². The number of benzene rings is 1. The number of amides is 3. The normalized spacial score (nSPS) is 21.8. The van der Waals surface area contributed by atoms with E-state index in [1.54, 1.807) is 24.3 Å². The quantitative estimate of drug-likeness (QED) is 0.383. The fourth-order valence-corrected chi connectivity index (χ4v) is 5.18. The van der Waals surface area contributed by atoms with Crippen LogP contribution in [0.3, 0.4) is 0 Å². The molecule has 0 radical (unpaired) electrons. The van der Waals surface area contributed by atoms with Gasteiger partial charge in [0.15, 0.2) is 0 Å². The summed E-state index contributed by atoms with van der Waals surface area (Å²) in [5.74, 6) is 1.31. The van der Waals surface area contributed by atoms with Gasteiger partial charge in [-0.25, -0.2) is 0 Å². The molecule has 0 spiro atoms. The number of nitrogens with zero attached hydrogens (tertiary/aromatic N) is 1. The molecule has 0 aromatic heterocycles. The van der Waals surface area contributed by atoms with Crippen molar-refractivity contribution in [3.05, 3.63) is 35.4 Å². The number of imide groups is 1. The highest BCUT2D eigenvalue weighted by molar-refractivity contribution is 6.21. The third-order valence-electron chi connectivity index (χ3n) is 7.10. The Labute approximate surface area is 187 Å².